The molecule has 1 atom stereocenters. The summed E-state index contributed by atoms with van der Waals surface area (Å²) in [5, 5.41) is 2.62. The monoisotopic (exact) mass is 244 g/mol. The highest BCUT2D eigenvalue weighted by molar-refractivity contribution is 6.86. The van der Waals surface area contributed by atoms with Gasteiger partial charge in [0, 0.05) is 10.6 Å². The van der Waals surface area contributed by atoms with Crippen molar-refractivity contribution in [2.45, 2.75) is 44.8 Å². The minimum absolute atomic E-state index is 0.561. The topological polar surface area (TPSA) is 0 Å². The van der Waals surface area contributed by atoms with E-state index in [0.717, 1.165) is 5.03 Å². The Kier molecular flexibility index (Phi) is 3.20. The van der Waals surface area contributed by atoms with Crippen LogP contribution < -0.4 is 0 Å². The van der Waals surface area contributed by atoms with E-state index in [4.69, 9.17) is 11.6 Å². The van der Waals surface area contributed by atoms with Crippen LogP contribution in [-0.2, 0) is 0 Å². The second-order valence-corrected chi connectivity index (χ2v) is 17.0. The summed E-state index contributed by atoms with van der Waals surface area (Å²) in [4.78, 5) is 0. The van der Waals surface area contributed by atoms with Crippen molar-refractivity contribution in [3.63, 3.8) is 0 Å². The van der Waals surface area contributed by atoms with Gasteiger partial charge in [-0.2, -0.15) is 0 Å². The van der Waals surface area contributed by atoms with Crippen molar-refractivity contribution >= 4 is 27.7 Å². The van der Waals surface area contributed by atoms with Crippen LogP contribution in [0.3, 0.4) is 0 Å². The molecule has 0 bridgehead atoms. The standard InChI is InChI=1S/C11H21ClSi2/c1-13(2,3)9-7-8-10(11(9)12)14(4,5)6/h7-9H,1-6H3. The number of hydrogen-bond donors (Lipinski definition) is 0. The lowest BCUT2D eigenvalue weighted by Gasteiger charge is -2.25. The fraction of sp³-hybridized carbons (Fsp3) is 0.636. The van der Waals surface area contributed by atoms with Gasteiger partial charge in [-0.15, -0.1) is 0 Å². The first-order valence-electron chi connectivity index (χ1n) is 5.22. The summed E-state index contributed by atoms with van der Waals surface area (Å²) in [5.41, 5.74) is 0.561. The molecule has 0 nitrogen and oxygen atoms in total. The molecule has 0 saturated carbocycles. The van der Waals surface area contributed by atoms with Gasteiger partial charge in [0.25, 0.3) is 0 Å². The fourth-order valence-electron chi connectivity index (χ4n) is 1.80. The Morgan fingerprint density at radius 1 is 1.07 bits per heavy atom. The Hall–Kier alpha value is 0.204. The molecule has 0 aromatic carbocycles. The molecule has 0 aromatic rings. The van der Waals surface area contributed by atoms with E-state index >= 15 is 0 Å². The Labute approximate surface area is 95.1 Å². The van der Waals surface area contributed by atoms with Crippen molar-refractivity contribution in [3.05, 3.63) is 22.4 Å². The number of halogens is 1. The number of hydrogen-bond acceptors (Lipinski definition) is 0. The number of allylic oxidation sites excluding steroid dienone is 4. The van der Waals surface area contributed by atoms with E-state index in [1.165, 1.54) is 5.20 Å². The smallest absolute Gasteiger partial charge is 0.0791 e. The molecule has 0 radical (unpaired) electrons. The molecule has 0 amide bonds. The molecule has 0 spiro atoms. The van der Waals surface area contributed by atoms with E-state index in [-0.39, 0.29) is 0 Å². The zero-order valence-electron chi connectivity index (χ0n) is 10.1. The fourth-order valence-corrected chi connectivity index (χ4v) is 6.97. The third-order valence-corrected chi connectivity index (χ3v) is 7.91. The maximum Gasteiger partial charge on any atom is 0.0791 e. The molecule has 1 rings (SSSR count). The molecule has 0 saturated heterocycles. The van der Waals surface area contributed by atoms with Gasteiger partial charge in [-0.1, -0.05) is 63.0 Å². The zero-order valence-corrected chi connectivity index (χ0v) is 12.9. The average Bonchev–Trinajstić information content (AvgIpc) is 2.26. The van der Waals surface area contributed by atoms with Crippen molar-refractivity contribution in [3.8, 4) is 0 Å². The van der Waals surface area contributed by atoms with Crippen molar-refractivity contribution in [2.75, 3.05) is 0 Å². The lowest BCUT2D eigenvalue weighted by Crippen LogP contribution is -2.28. The molecular formula is C11H21ClSi2. The summed E-state index contributed by atoms with van der Waals surface area (Å²) in [6, 6.07) is 0. The summed E-state index contributed by atoms with van der Waals surface area (Å²) in [7, 11) is -2.39. The Bertz CT molecular complexity index is 289. The third-order valence-electron chi connectivity index (χ3n) is 2.73. The highest BCUT2D eigenvalue weighted by Crippen LogP contribution is 2.43. The van der Waals surface area contributed by atoms with Gasteiger partial charge in [0.2, 0.25) is 0 Å². The highest BCUT2D eigenvalue weighted by Gasteiger charge is 2.34. The van der Waals surface area contributed by atoms with E-state index in [9.17, 15) is 0 Å². The highest BCUT2D eigenvalue weighted by atomic mass is 35.5. The summed E-state index contributed by atoms with van der Waals surface area (Å²) in [6.45, 7) is 14.2. The van der Waals surface area contributed by atoms with Crippen molar-refractivity contribution in [2.24, 2.45) is 0 Å². The Morgan fingerprint density at radius 2 is 1.57 bits per heavy atom. The van der Waals surface area contributed by atoms with Crippen LogP contribution in [0.15, 0.2) is 22.4 Å². The minimum Gasteiger partial charge on any atom is -0.0889 e. The van der Waals surface area contributed by atoms with Crippen molar-refractivity contribution in [1.82, 2.24) is 0 Å². The molecule has 0 heterocycles. The molecule has 1 aliphatic rings. The van der Waals surface area contributed by atoms with Crippen LogP contribution in [0.5, 0.6) is 0 Å². The molecule has 1 unspecified atom stereocenters. The molecule has 0 aromatic heterocycles. The Morgan fingerprint density at radius 3 is 1.79 bits per heavy atom. The van der Waals surface area contributed by atoms with Crippen LogP contribution in [0.4, 0.5) is 0 Å². The van der Waals surface area contributed by atoms with Gasteiger partial charge in [-0.05, 0) is 5.20 Å². The van der Waals surface area contributed by atoms with Gasteiger partial charge in [-0.25, -0.2) is 0 Å². The van der Waals surface area contributed by atoms with E-state index in [1.807, 2.05) is 0 Å². The van der Waals surface area contributed by atoms with Crippen LogP contribution in [0.2, 0.25) is 44.8 Å². The lowest BCUT2D eigenvalue weighted by molar-refractivity contribution is 1.26. The summed E-state index contributed by atoms with van der Waals surface area (Å²) in [6.07, 6.45) is 4.62. The first-order chi connectivity index (χ1) is 6.14. The van der Waals surface area contributed by atoms with Crippen LogP contribution in [-0.4, -0.2) is 16.1 Å². The zero-order chi connectivity index (χ0) is 11.1. The summed E-state index contributed by atoms with van der Waals surface area (Å²) >= 11 is 6.50. The average molecular weight is 245 g/mol. The lowest BCUT2D eigenvalue weighted by atomic mass is 10.5. The van der Waals surface area contributed by atoms with Crippen molar-refractivity contribution < 1.29 is 0 Å². The van der Waals surface area contributed by atoms with Gasteiger partial charge >= 0.3 is 0 Å². The van der Waals surface area contributed by atoms with Crippen LogP contribution in [0, 0.1) is 0 Å². The summed E-state index contributed by atoms with van der Waals surface area (Å²) < 4.78 is 0. The Balaban J connectivity index is 3.04. The third kappa shape index (κ3) is 2.41. The van der Waals surface area contributed by atoms with Gasteiger partial charge in [0.1, 0.15) is 0 Å². The first kappa shape index (κ1) is 12.3. The van der Waals surface area contributed by atoms with E-state index in [2.05, 4.69) is 51.4 Å². The quantitative estimate of drug-likeness (QED) is 0.621. The second kappa shape index (κ2) is 3.65. The minimum atomic E-state index is -1.22. The van der Waals surface area contributed by atoms with Crippen LogP contribution in [0.1, 0.15) is 0 Å². The predicted octanol–water partition coefficient (Wildman–Crippen LogP) is 4.63. The summed E-state index contributed by atoms with van der Waals surface area (Å²) in [5.74, 6) is 0. The van der Waals surface area contributed by atoms with Crippen molar-refractivity contribution in [1.29, 1.82) is 0 Å². The van der Waals surface area contributed by atoms with Crippen LogP contribution in [0.25, 0.3) is 0 Å². The van der Waals surface area contributed by atoms with Crippen LogP contribution >= 0.6 is 11.6 Å². The molecule has 3 heteroatoms. The second-order valence-electron chi connectivity index (χ2n) is 6.21. The van der Waals surface area contributed by atoms with Gasteiger partial charge < -0.3 is 0 Å². The normalized spacial score (nSPS) is 23.5. The molecule has 0 aliphatic heterocycles. The maximum absolute atomic E-state index is 6.50. The van der Waals surface area contributed by atoms with E-state index in [0.29, 0.717) is 5.54 Å². The number of rotatable bonds is 2. The largest absolute Gasteiger partial charge is 0.0889 e. The SMILES string of the molecule is C[Si](C)(C)C1=C(Cl)C([Si](C)(C)C)C=C1. The predicted molar refractivity (Wildman–Crippen MR) is 72.5 cm³/mol. The molecule has 14 heavy (non-hydrogen) atoms. The molecule has 1 aliphatic carbocycles. The molecule has 0 N–H and O–H groups in total. The van der Waals surface area contributed by atoms with Gasteiger partial charge in [0.15, 0.2) is 0 Å². The first-order valence-corrected chi connectivity index (χ1v) is 12.7. The van der Waals surface area contributed by atoms with E-state index in [1.54, 1.807) is 0 Å². The molecular weight excluding hydrogens is 224 g/mol. The maximum atomic E-state index is 6.50. The van der Waals surface area contributed by atoms with Gasteiger partial charge in [0.05, 0.1) is 16.1 Å². The molecule has 0 fully saturated rings. The van der Waals surface area contributed by atoms with E-state index < -0.39 is 16.1 Å². The van der Waals surface area contributed by atoms with Gasteiger partial charge in [-0.3, -0.25) is 0 Å². The molecule has 80 valence electrons.